The number of carboxylic acids is 1. The molecule has 88 valence electrons. The molecular formula is C10H18O4S. The van der Waals surface area contributed by atoms with Crippen molar-refractivity contribution in [2.75, 3.05) is 5.75 Å². The minimum absolute atomic E-state index is 0.156. The molecule has 0 aromatic heterocycles. The van der Waals surface area contributed by atoms with Crippen LogP contribution in [0, 0.1) is 5.92 Å². The summed E-state index contributed by atoms with van der Waals surface area (Å²) in [7, 11) is -3.44. The van der Waals surface area contributed by atoms with Crippen molar-refractivity contribution >= 4 is 15.8 Å². The molecule has 0 bridgehead atoms. The normalized spacial score (nSPS) is 27.5. The minimum atomic E-state index is -3.44. The highest BCUT2D eigenvalue weighted by atomic mass is 32.2. The first-order valence-electron chi connectivity index (χ1n) is 5.40. The molecule has 2 atom stereocenters. The average Bonchev–Trinajstić information content (AvgIpc) is 2.16. The van der Waals surface area contributed by atoms with Gasteiger partial charge in [-0.2, -0.15) is 0 Å². The molecule has 0 radical (unpaired) electrons. The van der Waals surface area contributed by atoms with Gasteiger partial charge in [-0.3, -0.25) is 4.79 Å². The van der Waals surface area contributed by atoms with Crippen LogP contribution in [0.3, 0.4) is 0 Å². The summed E-state index contributed by atoms with van der Waals surface area (Å²) < 4.78 is 23.6. The number of rotatable bonds is 4. The van der Waals surface area contributed by atoms with Gasteiger partial charge < -0.3 is 5.11 Å². The van der Waals surface area contributed by atoms with Crippen molar-refractivity contribution in [3.8, 4) is 0 Å². The Kier molecular flexibility index (Phi) is 4.13. The number of carbonyl (C=O) groups is 1. The zero-order valence-electron chi connectivity index (χ0n) is 8.98. The van der Waals surface area contributed by atoms with Crippen LogP contribution in [0.25, 0.3) is 0 Å². The summed E-state index contributed by atoms with van der Waals surface area (Å²) in [5.41, 5.74) is 0. The molecule has 1 rings (SSSR count). The van der Waals surface area contributed by atoms with Crippen molar-refractivity contribution in [2.45, 2.75) is 44.3 Å². The smallest absolute Gasteiger partial charge is 0.318 e. The highest BCUT2D eigenvalue weighted by Crippen LogP contribution is 2.32. The maximum atomic E-state index is 11.8. The Bertz CT molecular complexity index is 320. The third-order valence-corrected chi connectivity index (χ3v) is 5.34. The number of sulfone groups is 1. The second kappa shape index (κ2) is 4.96. The molecule has 0 aliphatic heterocycles. The van der Waals surface area contributed by atoms with E-state index in [0.29, 0.717) is 6.42 Å². The third kappa shape index (κ3) is 3.19. The zero-order chi connectivity index (χ0) is 11.5. The largest absolute Gasteiger partial charge is 0.480 e. The molecule has 0 aromatic carbocycles. The molecule has 0 saturated heterocycles. The lowest BCUT2D eigenvalue weighted by molar-refractivity contribution is -0.134. The summed E-state index contributed by atoms with van der Waals surface area (Å²) in [5.74, 6) is -1.80. The van der Waals surface area contributed by atoms with Gasteiger partial charge in [0.25, 0.3) is 0 Å². The van der Waals surface area contributed by atoms with Crippen LogP contribution in [0.15, 0.2) is 0 Å². The van der Waals surface area contributed by atoms with E-state index in [-0.39, 0.29) is 5.92 Å². The van der Waals surface area contributed by atoms with Gasteiger partial charge in [-0.1, -0.05) is 26.2 Å². The Labute approximate surface area is 90.6 Å². The molecule has 15 heavy (non-hydrogen) atoms. The molecule has 0 amide bonds. The molecule has 1 saturated carbocycles. The van der Waals surface area contributed by atoms with Gasteiger partial charge in [0.15, 0.2) is 9.84 Å². The van der Waals surface area contributed by atoms with E-state index in [1.165, 1.54) is 0 Å². The summed E-state index contributed by atoms with van der Waals surface area (Å²) >= 11 is 0. The van der Waals surface area contributed by atoms with Gasteiger partial charge in [-0.25, -0.2) is 8.42 Å². The fourth-order valence-corrected chi connectivity index (χ4v) is 4.39. The second-order valence-corrected chi connectivity index (χ2v) is 6.41. The fraction of sp³-hybridized carbons (Fsp3) is 0.900. The molecule has 0 spiro atoms. The lowest BCUT2D eigenvalue weighted by Crippen LogP contribution is -2.36. The number of aliphatic carboxylic acids is 1. The van der Waals surface area contributed by atoms with Gasteiger partial charge in [0.1, 0.15) is 5.75 Å². The lowest BCUT2D eigenvalue weighted by Gasteiger charge is -2.29. The molecule has 0 aromatic rings. The molecule has 5 heteroatoms. The molecule has 2 unspecified atom stereocenters. The van der Waals surface area contributed by atoms with E-state index < -0.39 is 26.8 Å². The Morgan fingerprint density at radius 3 is 2.47 bits per heavy atom. The zero-order valence-corrected chi connectivity index (χ0v) is 9.79. The summed E-state index contributed by atoms with van der Waals surface area (Å²) in [6.07, 6.45) is 4.34. The van der Waals surface area contributed by atoms with E-state index in [2.05, 4.69) is 0 Å². The van der Waals surface area contributed by atoms with Crippen molar-refractivity contribution in [1.82, 2.24) is 0 Å². The summed E-state index contributed by atoms with van der Waals surface area (Å²) in [4.78, 5) is 10.5. The third-order valence-electron chi connectivity index (χ3n) is 3.15. The SMILES string of the molecule is CCC1CCCCC1S(=O)(=O)CC(=O)O. The molecule has 1 aliphatic rings. The van der Waals surface area contributed by atoms with Crippen LogP contribution in [-0.4, -0.2) is 30.5 Å². The molecule has 1 fully saturated rings. The van der Waals surface area contributed by atoms with Gasteiger partial charge in [0, 0.05) is 0 Å². The summed E-state index contributed by atoms with van der Waals surface area (Å²) in [6, 6.07) is 0. The summed E-state index contributed by atoms with van der Waals surface area (Å²) in [5, 5.41) is 8.14. The van der Waals surface area contributed by atoms with Crippen molar-refractivity contribution in [1.29, 1.82) is 0 Å². The Morgan fingerprint density at radius 2 is 1.93 bits per heavy atom. The van der Waals surface area contributed by atoms with Gasteiger partial charge in [-0.05, 0) is 18.8 Å². The maximum absolute atomic E-state index is 11.8. The highest BCUT2D eigenvalue weighted by Gasteiger charge is 2.35. The van der Waals surface area contributed by atoms with Gasteiger partial charge in [-0.15, -0.1) is 0 Å². The van der Waals surface area contributed by atoms with E-state index >= 15 is 0 Å². The van der Waals surface area contributed by atoms with Crippen molar-refractivity contribution in [2.24, 2.45) is 5.92 Å². The fourth-order valence-electron chi connectivity index (χ4n) is 2.39. The predicted molar refractivity (Wildman–Crippen MR) is 57.5 cm³/mol. The molecular weight excluding hydrogens is 216 g/mol. The van der Waals surface area contributed by atoms with Gasteiger partial charge in [0.2, 0.25) is 0 Å². The lowest BCUT2D eigenvalue weighted by atomic mass is 9.87. The first kappa shape index (κ1) is 12.5. The van der Waals surface area contributed by atoms with Gasteiger partial charge in [0.05, 0.1) is 5.25 Å². The standard InChI is InChI=1S/C10H18O4S/c1-2-8-5-3-4-6-9(8)15(13,14)7-10(11)12/h8-9H,2-7H2,1H3,(H,11,12). The monoisotopic (exact) mass is 234 g/mol. The van der Waals surface area contributed by atoms with Crippen molar-refractivity contribution in [3.05, 3.63) is 0 Å². The van der Waals surface area contributed by atoms with Crippen molar-refractivity contribution in [3.63, 3.8) is 0 Å². The van der Waals surface area contributed by atoms with E-state index in [9.17, 15) is 13.2 Å². The number of hydrogen-bond acceptors (Lipinski definition) is 3. The predicted octanol–water partition coefficient (Wildman–Crippen LogP) is 1.45. The first-order chi connectivity index (χ1) is 6.97. The van der Waals surface area contributed by atoms with Crippen LogP contribution in [0.5, 0.6) is 0 Å². The highest BCUT2D eigenvalue weighted by molar-refractivity contribution is 7.92. The molecule has 1 N–H and O–H groups in total. The maximum Gasteiger partial charge on any atom is 0.318 e. The Morgan fingerprint density at radius 1 is 1.33 bits per heavy atom. The van der Waals surface area contributed by atoms with Crippen LogP contribution in [-0.2, 0) is 14.6 Å². The first-order valence-corrected chi connectivity index (χ1v) is 7.12. The van der Waals surface area contributed by atoms with Crippen LogP contribution in [0.2, 0.25) is 0 Å². The van der Waals surface area contributed by atoms with E-state index in [4.69, 9.17) is 5.11 Å². The van der Waals surface area contributed by atoms with Crippen LogP contribution in [0.1, 0.15) is 39.0 Å². The average molecular weight is 234 g/mol. The van der Waals surface area contributed by atoms with Crippen molar-refractivity contribution < 1.29 is 18.3 Å². The van der Waals surface area contributed by atoms with E-state index in [1.54, 1.807) is 0 Å². The van der Waals surface area contributed by atoms with Crippen LogP contribution >= 0.6 is 0 Å². The van der Waals surface area contributed by atoms with E-state index in [0.717, 1.165) is 25.7 Å². The Hall–Kier alpha value is -0.580. The van der Waals surface area contributed by atoms with Gasteiger partial charge >= 0.3 is 5.97 Å². The van der Waals surface area contributed by atoms with Crippen LogP contribution < -0.4 is 0 Å². The molecule has 0 heterocycles. The summed E-state index contributed by atoms with van der Waals surface area (Å²) in [6.45, 7) is 1.97. The minimum Gasteiger partial charge on any atom is -0.480 e. The number of hydrogen-bond donors (Lipinski definition) is 1. The molecule has 4 nitrogen and oxygen atoms in total. The quantitative estimate of drug-likeness (QED) is 0.799. The Balaban J connectivity index is 2.79. The van der Waals surface area contributed by atoms with E-state index in [1.807, 2.05) is 6.92 Å². The molecule has 1 aliphatic carbocycles. The number of carboxylic acid groups (broad SMARTS) is 1. The topological polar surface area (TPSA) is 71.4 Å². The van der Waals surface area contributed by atoms with Crippen LogP contribution in [0.4, 0.5) is 0 Å². The second-order valence-electron chi connectivity index (χ2n) is 4.19.